The highest BCUT2D eigenvalue weighted by Gasteiger charge is 2.34. The van der Waals surface area contributed by atoms with Crippen LogP contribution >= 0.6 is 0 Å². The lowest BCUT2D eigenvalue weighted by Gasteiger charge is -2.38. The van der Waals surface area contributed by atoms with Gasteiger partial charge in [-0.2, -0.15) is 13.2 Å². The van der Waals surface area contributed by atoms with Crippen LogP contribution in [0.4, 0.5) is 13.2 Å². The van der Waals surface area contributed by atoms with Crippen molar-refractivity contribution < 1.29 is 23.1 Å². The number of nitrogens with zero attached hydrogens (tertiary/aromatic N) is 2. The lowest BCUT2D eigenvalue weighted by atomic mass is 9.79. The van der Waals surface area contributed by atoms with E-state index >= 15 is 0 Å². The molecule has 0 spiro atoms. The zero-order valence-corrected chi connectivity index (χ0v) is 10.9. The molecule has 0 aromatic rings. The number of halogens is 3. The monoisotopic (exact) mass is 283 g/mol. The lowest BCUT2D eigenvalue weighted by Crippen LogP contribution is -2.46. The van der Waals surface area contributed by atoms with E-state index in [1.807, 2.05) is 11.8 Å². The van der Waals surface area contributed by atoms with E-state index in [9.17, 15) is 13.2 Å². The van der Waals surface area contributed by atoms with Crippen LogP contribution in [0, 0.1) is 5.41 Å². The molecule has 1 rings (SSSR count). The second-order valence-electron chi connectivity index (χ2n) is 5.06. The van der Waals surface area contributed by atoms with Crippen molar-refractivity contribution in [3.05, 3.63) is 0 Å². The van der Waals surface area contributed by atoms with E-state index in [0.29, 0.717) is 32.5 Å². The molecule has 1 fully saturated rings. The Morgan fingerprint density at radius 1 is 1.42 bits per heavy atom. The number of rotatable bonds is 5. The van der Waals surface area contributed by atoms with E-state index in [2.05, 4.69) is 9.89 Å². The minimum atomic E-state index is -4.27. The van der Waals surface area contributed by atoms with Gasteiger partial charge in [0.1, 0.15) is 12.4 Å². The van der Waals surface area contributed by atoms with Crippen LogP contribution in [0.5, 0.6) is 0 Å². The molecule has 0 aliphatic carbocycles. The van der Waals surface area contributed by atoms with Crippen LogP contribution in [-0.2, 0) is 4.74 Å². The van der Waals surface area contributed by atoms with Crippen LogP contribution < -0.4 is 5.73 Å². The number of hydrogen-bond donors (Lipinski definition) is 2. The zero-order chi connectivity index (χ0) is 14.5. The highest BCUT2D eigenvalue weighted by atomic mass is 19.4. The van der Waals surface area contributed by atoms with Crippen molar-refractivity contribution >= 4 is 5.84 Å². The number of likely N-dealkylation sites (tertiary alicyclic amines) is 1. The van der Waals surface area contributed by atoms with Gasteiger partial charge in [0.05, 0.1) is 6.61 Å². The summed E-state index contributed by atoms with van der Waals surface area (Å²) in [5.74, 6) is 0.209. The molecule has 0 bridgehead atoms. The van der Waals surface area contributed by atoms with E-state index < -0.39 is 12.8 Å². The molecule has 3 N–H and O–H groups in total. The summed E-state index contributed by atoms with van der Waals surface area (Å²) < 4.78 is 40.2. The van der Waals surface area contributed by atoms with Crippen molar-refractivity contribution in [1.82, 2.24) is 4.90 Å². The number of alkyl halides is 3. The van der Waals surface area contributed by atoms with Gasteiger partial charge in [-0.15, -0.1) is 0 Å². The molecule has 0 atom stereocenters. The first-order chi connectivity index (χ1) is 8.77. The van der Waals surface area contributed by atoms with Crippen LogP contribution in [0.15, 0.2) is 5.16 Å². The van der Waals surface area contributed by atoms with Crippen molar-refractivity contribution in [3.63, 3.8) is 0 Å². The predicted molar refractivity (Wildman–Crippen MR) is 64.1 cm³/mol. The molecule has 0 saturated carbocycles. The largest absolute Gasteiger partial charge is 0.411 e. The molecule has 0 aromatic heterocycles. The second kappa shape index (κ2) is 6.42. The summed E-state index contributed by atoms with van der Waals surface area (Å²) in [6.45, 7) is 2.62. The molecule has 0 unspecified atom stereocenters. The molecule has 112 valence electrons. The maximum absolute atomic E-state index is 11.9. The van der Waals surface area contributed by atoms with Crippen LogP contribution in [0.3, 0.4) is 0 Å². The van der Waals surface area contributed by atoms with Crippen molar-refractivity contribution in [2.75, 3.05) is 32.8 Å². The molecular formula is C11H20F3N3O2. The van der Waals surface area contributed by atoms with Crippen molar-refractivity contribution in [2.45, 2.75) is 25.9 Å². The Balaban J connectivity index is 2.24. The Bertz CT molecular complexity index is 313. The van der Waals surface area contributed by atoms with E-state index in [1.54, 1.807) is 0 Å². The number of nitrogens with two attached hydrogens (primary N) is 1. The average Bonchev–Trinajstić information content (AvgIpc) is 2.34. The summed E-state index contributed by atoms with van der Waals surface area (Å²) >= 11 is 0. The van der Waals surface area contributed by atoms with Gasteiger partial charge in [0.15, 0.2) is 0 Å². The minimum Gasteiger partial charge on any atom is -0.409 e. The van der Waals surface area contributed by atoms with Gasteiger partial charge in [-0.25, -0.2) is 0 Å². The molecule has 1 aliphatic rings. The third-order valence-corrected chi connectivity index (χ3v) is 3.50. The molecule has 1 saturated heterocycles. The first-order valence-electron chi connectivity index (χ1n) is 6.12. The smallest absolute Gasteiger partial charge is 0.409 e. The highest BCUT2D eigenvalue weighted by molar-refractivity contribution is 5.85. The first-order valence-corrected chi connectivity index (χ1v) is 6.12. The highest BCUT2D eigenvalue weighted by Crippen LogP contribution is 2.30. The number of piperidine rings is 1. The number of hydrogen-bond acceptors (Lipinski definition) is 4. The predicted octanol–water partition coefficient (Wildman–Crippen LogP) is 1.41. The summed E-state index contributed by atoms with van der Waals surface area (Å²) in [6.07, 6.45) is -2.85. The lowest BCUT2D eigenvalue weighted by molar-refractivity contribution is -0.174. The molecule has 0 radical (unpaired) electrons. The van der Waals surface area contributed by atoms with Gasteiger partial charge in [0, 0.05) is 12.0 Å². The molecular weight excluding hydrogens is 263 g/mol. The summed E-state index contributed by atoms with van der Waals surface area (Å²) in [4.78, 5) is 2.02. The molecule has 5 nitrogen and oxygen atoms in total. The zero-order valence-electron chi connectivity index (χ0n) is 10.9. The molecule has 1 aliphatic heterocycles. The Morgan fingerprint density at radius 3 is 2.47 bits per heavy atom. The molecule has 1 heterocycles. The fourth-order valence-corrected chi connectivity index (χ4v) is 2.03. The standard InChI is InChI=1S/C11H20F3N3O2/c1-10(9(15)16-18)2-4-17(5-3-10)6-7-19-8-11(12,13)14/h18H,2-8H2,1H3,(H2,15,16). The molecule has 19 heavy (non-hydrogen) atoms. The molecule has 0 amide bonds. The summed E-state index contributed by atoms with van der Waals surface area (Å²) in [6, 6.07) is 0. The van der Waals surface area contributed by atoms with Gasteiger partial charge in [0.25, 0.3) is 0 Å². The maximum Gasteiger partial charge on any atom is 0.411 e. The van der Waals surface area contributed by atoms with Crippen LogP contribution in [0.2, 0.25) is 0 Å². The Labute approximate surface area is 110 Å². The van der Waals surface area contributed by atoms with Gasteiger partial charge in [0.2, 0.25) is 0 Å². The van der Waals surface area contributed by atoms with Crippen LogP contribution in [0.25, 0.3) is 0 Å². The normalized spacial score (nSPS) is 21.6. The first kappa shape index (κ1) is 16.0. The minimum absolute atomic E-state index is 0.0554. The summed E-state index contributed by atoms with van der Waals surface area (Å²) in [7, 11) is 0. The number of amidine groups is 1. The van der Waals surface area contributed by atoms with Gasteiger partial charge in [-0.3, -0.25) is 0 Å². The fourth-order valence-electron chi connectivity index (χ4n) is 2.03. The second-order valence-corrected chi connectivity index (χ2v) is 5.06. The topological polar surface area (TPSA) is 71.1 Å². The van der Waals surface area contributed by atoms with Gasteiger partial charge >= 0.3 is 6.18 Å². The number of oxime groups is 1. The van der Waals surface area contributed by atoms with E-state index in [-0.39, 0.29) is 17.9 Å². The van der Waals surface area contributed by atoms with Gasteiger partial charge in [-0.1, -0.05) is 12.1 Å². The quantitative estimate of drug-likeness (QED) is 0.263. The van der Waals surface area contributed by atoms with Crippen LogP contribution in [0.1, 0.15) is 19.8 Å². The Hall–Kier alpha value is -1.02. The number of ether oxygens (including phenoxy) is 1. The van der Waals surface area contributed by atoms with Crippen molar-refractivity contribution in [1.29, 1.82) is 0 Å². The third kappa shape index (κ3) is 5.23. The average molecular weight is 283 g/mol. The molecule has 0 aromatic carbocycles. The van der Waals surface area contributed by atoms with Crippen molar-refractivity contribution in [3.8, 4) is 0 Å². The van der Waals surface area contributed by atoms with E-state index in [0.717, 1.165) is 0 Å². The fraction of sp³-hybridized carbons (Fsp3) is 0.909. The maximum atomic E-state index is 11.9. The SMILES string of the molecule is CC1(C(N)=NO)CCN(CCOCC(F)(F)F)CC1. The Kier molecular flexibility index (Phi) is 5.42. The molecule has 8 heteroatoms. The Morgan fingerprint density at radius 2 is 2.00 bits per heavy atom. The van der Waals surface area contributed by atoms with Crippen molar-refractivity contribution in [2.24, 2.45) is 16.3 Å². The summed E-state index contributed by atoms with van der Waals surface area (Å²) in [5.41, 5.74) is 5.29. The van der Waals surface area contributed by atoms with Gasteiger partial charge in [-0.05, 0) is 25.9 Å². The third-order valence-electron chi connectivity index (χ3n) is 3.50. The van der Waals surface area contributed by atoms with Gasteiger partial charge < -0.3 is 20.6 Å². The van der Waals surface area contributed by atoms with Crippen LogP contribution in [-0.4, -0.2) is 55.0 Å². The summed E-state index contributed by atoms with van der Waals surface area (Å²) in [5, 5.41) is 11.7. The van der Waals surface area contributed by atoms with E-state index in [4.69, 9.17) is 10.9 Å². The van der Waals surface area contributed by atoms with E-state index in [1.165, 1.54) is 0 Å².